The Hall–Kier alpha value is -2.18. The topological polar surface area (TPSA) is 95.9 Å². The number of allylic oxidation sites excluding steroid dienone is 8. The Morgan fingerprint density at radius 3 is 1.16 bits per heavy atom. The van der Waals surface area contributed by atoms with Gasteiger partial charge in [0.1, 0.15) is 0 Å². The van der Waals surface area contributed by atoms with E-state index in [9.17, 15) is 19.8 Å². The SMILES string of the molecule is CCCCC/C=C\C/C=C\CCCCCCCCCC(=O)OCCCCC/C=C\C/C=C\CCCCCCCCCC(=O)NC(CO)C(O)CCCCCCCCCCCCCCCCCC. The van der Waals surface area contributed by atoms with Gasteiger partial charge in [-0.2, -0.15) is 0 Å². The maximum atomic E-state index is 12.5. The molecule has 6 heteroatoms. The molecule has 0 saturated heterocycles. The van der Waals surface area contributed by atoms with Crippen LogP contribution in [0.25, 0.3) is 0 Å². The van der Waals surface area contributed by atoms with Crippen molar-refractivity contribution in [1.29, 1.82) is 0 Å². The number of hydrogen-bond acceptors (Lipinski definition) is 5. The van der Waals surface area contributed by atoms with Crippen molar-refractivity contribution < 1.29 is 24.5 Å². The van der Waals surface area contributed by atoms with Crippen molar-refractivity contribution in [1.82, 2.24) is 5.32 Å². The molecule has 0 saturated carbocycles. The third-order valence-electron chi connectivity index (χ3n) is 13.4. The van der Waals surface area contributed by atoms with Gasteiger partial charge < -0.3 is 20.3 Å². The zero-order valence-corrected chi connectivity index (χ0v) is 44.6. The summed E-state index contributed by atoms with van der Waals surface area (Å²) in [6.45, 7) is 4.88. The molecule has 67 heavy (non-hydrogen) atoms. The summed E-state index contributed by atoms with van der Waals surface area (Å²) in [6.07, 6.45) is 71.0. The molecule has 0 aliphatic rings. The molecular weight excluding hydrogens is 827 g/mol. The highest BCUT2D eigenvalue weighted by molar-refractivity contribution is 5.76. The molecule has 2 unspecified atom stereocenters. The monoisotopic (exact) mass is 940 g/mol. The third kappa shape index (κ3) is 53.0. The van der Waals surface area contributed by atoms with Gasteiger partial charge in [-0.25, -0.2) is 0 Å². The van der Waals surface area contributed by atoms with Crippen LogP contribution in [0.2, 0.25) is 0 Å². The maximum absolute atomic E-state index is 12.5. The molecule has 0 aromatic heterocycles. The molecule has 0 bridgehead atoms. The fourth-order valence-electron chi connectivity index (χ4n) is 8.82. The molecule has 2 atom stereocenters. The molecule has 0 fully saturated rings. The van der Waals surface area contributed by atoms with E-state index in [-0.39, 0.29) is 18.5 Å². The molecule has 0 radical (unpaired) electrons. The average molecular weight is 941 g/mol. The number of nitrogens with one attached hydrogen (secondary N) is 1. The highest BCUT2D eigenvalue weighted by Crippen LogP contribution is 2.16. The summed E-state index contributed by atoms with van der Waals surface area (Å²) in [6, 6.07) is -0.555. The van der Waals surface area contributed by atoms with E-state index in [0.29, 0.717) is 25.9 Å². The Bertz CT molecular complexity index is 1130. The van der Waals surface area contributed by atoms with E-state index in [4.69, 9.17) is 4.74 Å². The van der Waals surface area contributed by atoms with Crippen LogP contribution in [0.1, 0.15) is 303 Å². The van der Waals surface area contributed by atoms with E-state index in [0.717, 1.165) is 89.9 Å². The molecule has 1 amide bonds. The lowest BCUT2D eigenvalue weighted by molar-refractivity contribution is -0.143. The smallest absolute Gasteiger partial charge is 0.305 e. The van der Waals surface area contributed by atoms with Crippen LogP contribution < -0.4 is 5.32 Å². The maximum Gasteiger partial charge on any atom is 0.305 e. The summed E-state index contributed by atoms with van der Waals surface area (Å²) in [5, 5.41) is 23.3. The van der Waals surface area contributed by atoms with Crippen LogP contribution in [0.4, 0.5) is 0 Å². The van der Waals surface area contributed by atoms with Crippen LogP contribution in [0.3, 0.4) is 0 Å². The quantitative estimate of drug-likeness (QED) is 0.0321. The minimum atomic E-state index is -0.676. The first-order valence-corrected chi connectivity index (χ1v) is 29.4. The molecule has 0 aromatic carbocycles. The van der Waals surface area contributed by atoms with E-state index in [1.54, 1.807) is 0 Å². The minimum Gasteiger partial charge on any atom is -0.466 e. The van der Waals surface area contributed by atoms with Gasteiger partial charge in [-0.3, -0.25) is 9.59 Å². The van der Waals surface area contributed by atoms with Crippen molar-refractivity contribution in [2.45, 2.75) is 315 Å². The normalized spacial score (nSPS) is 13.0. The van der Waals surface area contributed by atoms with E-state index in [1.807, 2.05) is 0 Å². The predicted octanol–water partition coefficient (Wildman–Crippen LogP) is 18.2. The lowest BCUT2D eigenvalue weighted by Gasteiger charge is -2.22. The van der Waals surface area contributed by atoms with Gasteiger partial charge in [-0.1, -0.05) is 242 Å². The molecule has 3 N–H and O–H groups in total. The van der Waals surface area contributed by atoms with E-state index in [2.05, 4.69) is 67.8 Å². The van der Waals surface area contributed by atoms with Crippen molar-refractivity contribution in [3.8, 4) is 0 Å². The van der Waals surface area contributed by atoms with Crippen LogP contribution in [0.5, 0.6) is 0 Å². The second kappa shape index (κ2) is 56.4. The standard InChI is InChI=1S/C61H113NO5/c1-3-5-7-9-11-13-15-17-19-22-27-31-35-39-43-47-51-55-61(66)67-56-52-48-44-40-36-32-28-24-21-23-26-30-34-38-42-46-50-54-60(65)62-58(57-63)59(64)53-49-45-41-37-33-29-25-20-18-16-14-12-10-8-6-4-2/h11,13,17,19,21,24,32,36,58-59,63-64H,3-10,12,14-16,18,20,22-23,25-31,33-35,37-57H2,1-2H3,(H,62,65)/b13-11-,19-17-,24-21-,36-32-. The zero-order chi connectivity index (χ0) is 48.6. The van der Waals surface area contributed by atoms with Gasteiger partial charge in [-0.15, -0.1) is 0 Å². The number of esters is 1. The van der Waals surface area contributed by atoms with E-state index < -0.39 is 12.1 Å². The van der Waals surface area contributed by atoms with Crippen LogP contribution in [0.15, 0.2) is 48.6 Å². The highest BCUT2D eigenvalue weighted by atomic mass is 16.5. The molecule has 0 aliphatic heterocycles. The Kier molecular flexibility index (Phi) is 54.6. The fraction of sp³-hybridized carbons (Fsp3) is 0.836. The van der Waals surface area contributed by atoms with Crippen molar-refractivity contribution in [3.05, 3.63) is 48.6 Å². The average Bonchev–Trinajstić information content (AvgIpc) is 3.33. The van der Waals surface area contributed by atoms with Gasteiger partial charge in [-0.05, 0) is 96.3 Å². The summed E-state index contributed by atoms with van der Waals surface area (Å²) in [7, 11) is 0. The van der Waals surface area contributed by atoms with Gasteiger partial charge in [0.15, 0.2) is 0 Å². The Labute approximate surface area is 416 Å². The predicted molar refractivity (Wildman–Crippen MR) is 292 cm³/mol. The summed E-state index contributed by atoms with van der Waals surface area (Å²) in [5.74, 6) is -0.0743. The molecule has 0 aliphatic carbocycles. The number of aliphatic hydroxyl groups is 2. The summed E-state index contributed by atoms with van der Waals surface area (Å²) in [5.41, 5.74) is 0. The molecule has 0 spiro atoms. The molecule has 0 heterocycles. The minimum absolute atomic E-state index is 0.0235. The number of unbranched alkanes of at least 4 members (excludes halogenated alkanes) is 35. The number of carbonyl (C=O) groups is 2. The van der Waals surface area contributed by atoms with Crippen molar-refractivity contribution >= 4 is 11.9 Å². The molecule has 392 valence electrons. The van der Waals surface area contributed by atoms with Crippen LogP contribution >= 0.6 is 0 Å². The third-order valence-corrected chi connectivity index (χ3v) is 13.4. The van der Waals surface area contributed by atoms with Crippen molar-refractivity contribution in [3.63, 3.8) is 0 Å². The Balaban J connectivity index is 3.50. The zero-order valence-electron chi connectivity index (χ0n) is 44.6. The lowest BCUT2D eigenvalue weighted by atomic mass is 10.0. The van der Waals surface area contributed by atoms with Gasteiger partial charge in [0, 0.05) is 12.8 Å². The van der Waals surface area contributed by atoms with Gasteiger partial charge in [0.2, 0.25) is 5.91 Å². The largest absolute Gasteiger partial charge is 0.466 e. The van der Waals surface area contributed by atoms with Crippen molar-refractivity contribution in [2.24, 2.45) is 0 Å². The van der Waals surface area contributed by atoms with E-state index >= 15 is 0 Å². The second-order valence-electron chi connectivity index (χ2n) is 20.0. The number of rotatable bonds is 54. The Morgan fingerprint density at radius 2 is 0.746 bits per heavy atom. The number of amides is 1. The van der Waals surface area contributed by atoms with Crippen LogP contribution in [-0.2, 0) is 14.3 Å². The van der Waals surface area contributed by atoms with E-state index in [1.165, 1.54) is 180 Å². The number of ether oxygens (including phenoxy) is 1. The molecule has 0 aromatic rings. The first kappa shape index (κ1) is 64.8. The molecule has 0 rings (SSSR count). The summed E-state index contributed by atoms with van der Waals surface area (Å²) >= 11 is 0. The number of hydrogen-bond donors (Lipinski definition) is 3. The summed E-state index contributed by atoms with van der Waals surface area (Å²) in [4.78, 5) is 24.5. The summed E-state index contributed by atoms with van der Waals surface area (Å²) < 4.78 is 5.46. The van der Waals surface area contributed by atoms with Crippen LogP contribution in [-0.4, -0.2) is 47.4 Å². The molecule has 6 nitrogen and oxygen atoms in total. The lowest BCUT2D eigenvalue weighted by Crippen LogP contribution is -2.45. The number of carbonyl (C=O) groups excluding carboxylic acids is 2. The van der Waals surface area contributed by atoms with Crippen LogP contribution in [0, 0.1) is 0 Å². The van der Waals surface area contributed by atoms with Gasteiger partial charge >= 0.3 is 5.97 Å². The first-order chi connectivity index (χ1) is 33.0. The fourth-order valence-corrected chi connectivity index (χ4v) is 8.82. The molecular formula is C61H113NO5. The highest BCUT2D eigenvalue weighted by Gasteiger charge is 2.20. The second-order valence-corrected chi connectivity index (χ2v) is 20.0. The number of aliphatic hydroxyl groups excluding tert-OH is 2. The van der Waals surface area contributed by atoms with Gasteiger partial charge in [0.05, 0.1) is 25.4 Å². The Morgan fingerprint density at radius 1 is 0.418 bits per heavy atom. The van der Waals surface area contributed by atoms with Crippen molar-refractivity contribution in [2.75, 3.05) is 13.2 Å². The van der Waals surface area contributed by atoms with Gasteiger partial charge in [0.25, 0.3) is 0 Å². The first-order valence-electron chi connectivity index (χ1n) is 29.4.